The minimum absolute atomic E-state index is 0.130. The molecule has 1 aliphatic rings. The Bertz CT molecular complexity index is 242. The molecule has 4 nitrogen and oxygen atoms in total. The second kappa shape index (κ2) is 4.64. The summed E-state index contributed by atoms with van der Waals surface area (Å²) in [4.78, 5) is 20.7. The Hall–Kier alpha value is -1.32. The van der Waals surface area contributed by atoms with Crippen LogP contribution in [0.5, 0.6) is 0 Å². The third-order valence-corrected chi connectivity index (χ3v) is 2.17. The first kappa shape index (κ1) is 9.77. The molecule has 0 aromatic heterocycles. The van der Waals surface area contributed by atoms with Gasteiger partial charge in [-0.05, 0) is 31.3 Å². The van der Waals surface area contributed by atoms with Crippen LogP contribution in [-0.2, 0) is 14.3 Å². The zero-order valence-electron chi connectivity index (χ0n) is 7.28. The van der Waals surface area contributed by atoms with Crippen LogP contribution < -0.4 is 0 Å². The number of carbonyl (C=O) groups excluding carboxylic acids is 1. The molecule has 0 spiro atoms. The predicted molar refractivity (Wildman–Crippen MR) is 45.1 cm³/mol. The van der Waals surface area contributed by atoms with Crippen LogP contribution in [0.3, 0.4) is 0 Å². The number of carboxylic acid groups (broad SMARTS) is 1. The van der Waals surface area contributed by atoms with E-state index < -0.39 is 5.97 Å². The van der Waals surface area contributed by atoms with Crippen molar-refractivity contribution in [3.8, 4) is 0 Å². The van der Waals surface area contributed by atoms with Gasteiger partial charge in [0, 0.05) is 5.57 Å². The first-order valence-corrected chi connectivity index (χ1v) is 4.25. The highest BCUT2D eigenvalue weighted by molar-refractivity contribution is 5.87. The minimum Gasteiger partial charge on any atom is -0.478 e. The Morgan fingerprint density at radius 2 is 2.15 bits per heavy atom. The molecule has 0 heterocycles. The fourth-order valence-corrected chi connectivity index (χ4v) is 1.52. The standard InChI is InChI=1S/C9H12O4/c10-6-13-5-7-3-1-2-4-8(7)9(11)12/h6H,1-5H2,(H,11,12). The summed E-state index contributed by atoms with van der Waals surface area (Å²) in [5, 5.41) is 8.81. The van der Waals surface area contributed by atoms with E-state index in [2.05, 4.69) is 4.74 Å². The highest BCUT2D eigenvalue weighted by atomic mass is 16.5. The molecule has 13 heavy (non-hydrogen) atoms. The molecule has 1 rings (SSSR count). The van der Waals surface area contributed by atoms with Crippen LogP contribution >= 0.6 is 0 Å². The summed E-state index contributed by atoms with van der Waals surface area (Å²) in [5.74, 6) is -0.885. The van der Waals surface area contributed by atoms with E-state index in [0.29, 0.717) is 18.5 Å². The summed E-state index contributed by atoms with van der Waals surface area (Å²) in [6.45, 7) is 0.478. The maximum atomic E-state index is 10.7. The van der Waals surface area contributed by atoms with Crippen molar-refractivity contribution in [2.75, 3.05) is 6.61 Å². The van der Waals surface area contributed by atoms with Crippen molar-refractivity contribution in [2.45, 2.75) is 25.7 Å². The van der Waals surface area contributed by atoms with Crippen LogP contribution in [0, 0.1) is 0 Å². The van der Waals surface area contributed by atoms with Gasteiger partial charge in [-0.15, -0.1) is 0 Å². The van der Waals surface area contributed by atoms with Crippen LogP contribution in [-0.4, -0.2) is 24.2 Å². The van der Waals surface area contributed by atoms with Crippen molar-refractivity contribution in [1.82, 2.24) is 0 Å². The Labute approximate surface area is 76.2 Å². The van der Waals surface area contributed by atoms with Gasteiger partial charge in [-0.25, -0.2) is 4.79 Å². The molecule has 0 bridgehead atoms. The van der Waals surface area contributed by atoms with Gasteiger partial charge in [-0.3, -0.25) is 4.79 Å². The van der Waals surface area contributed by atoms with E-state index >= 15 is 0 Å². The van der Waals surface area contributed by atoms with E-state index in [1.807, 2.05) is 0 Å². The average Bonchev–Trinajstić information content (AvgIpc) is 2.15. The van der Waals surface area contributed by atoms with Gasteiger partial charge in [0.15, 0.2) is 0 Å². The van der Waals surface area contributed by atoms with Crippen LogP contribution in [0.15, 0.2) is 11.1 Å². The lowest BCUT2D eigenvalue weighted by Crippen LogP contribution is -2.12. The number of carbonyl (C=O) groups is 2. The van der Waals surface area contributed by atoms with Crippen LogP contribution in [0.1, 0.15) is 25.7 Å². The van der Waals surface area contributed by atoms with E-state index in [0.717, 1.165) is 24.8 Å². The van der Waals surface area contributed by atoms with Gasteiger partial charge in [-0.1, -0.05) is 0 Å². The fourth-order valence-electron chi connectivity index (χ4n) is 1.52. The van der Waals surface area contributed by atoms with Crippen LogP contribution in [0.4, 0.5) is 0 Å². The van der Waals surface area contributed by atoms with Crippen molar-refractivity contribution in [3.05, 3.63) is 11.1 Å². The minimum atomic E-state index is -0.885. The third-order valence-electron chi connectivity index (χ3n) is 2.17. The molecule has 0 saturated heterocycles. The predicted octanol–water partition coefficient (Wildman–Crippen LogP) is 1.11. The van der Waals surface area contributed by atoms with Gasteiger partial charge >= 0.3 is 5.97 Å². The van der Waals surface area contributed by atoms with E-state index in [4.69, 9.17) is 5.11 Å². The molecule has 1 N–H and O–H groups in total. The Morgan fingerprint density at radius 3 is 2.77 bits per heavy atom. The summed E-state index contributed by atoms with van der Waals surface area (Å²) in [6, 6.07) is 0. The molecule has 0 amide bonds. The van der Waals surface area contributed by atoms with Gasteiger partial charge in [0.1, 0.15) is 6.61 Å². The number of rotatable bonds is 4. The highest BCUT2D eigenvalue weighted by Crippen LogP contribution is 2.24. The lowest BCUT2D eigenvalue weighted by atomic mass is 9.92. The lowest BCUT2D eigenvalue weighted by Gasteiger charge is -2.16. The van der Waals surface area contributed by atoms with Crippen molar-refractivity contribution < 1.29 is 19.4 Å². The number of hydrogen-bond donors (Lipinski definition) is 1. The molecule has 0 aromatic carbocycles. The molecule has 1 aliphatic carbocycles. The van der Waals surface area contributed by atoms with Gasteiger partial charge in [0.05, 0.1) is 0 Å². The zero-order valence-corrected chi connectivity index (χ0v) is 7.28. The molecule has 0 fully saturated rings. The van der Waals surface area contributed by atoms with Gasteiger partial charge < -0.3 is 9.84 Å². The number of aliphatic carboxylic acids is 1. The topological polar surface area (TPSA) is 63.6 Å². The normalized spacial score (nSPS) is 16.9. The second-order valence-electron chi connectivity index (χ2n) is 3.00. The quantitative estimate of drug-likeness (QED) is 0.665. The first-order chi connectivity index (χ1) is 6.25. The first-order valence-electron chi connectivity index (χ1n) is 4.25. The van der Waals surface area contributed by atoms with E-state index in [-0.39, 0.29) is 6.61 Å². The molecule has 0 aromatic rings. The van der Waals surface area contributed by atoms with E-state index in [1.54, 1.807) is 0 Å². The summed E-state index contributed by atoms with van der Waals surface area (Å²) < 4.78 is 4.55. The summed E-state index contributed by atoms with van der Waals surface area (Å²) in [7, 11) is 0. The Balaban J connectivity index is 2.71. The van der Waals surface area contributed by atoms with E-state index in [9.17, 15) is 9.59 Å². The van der Waals surface area contributed by atoms with Gasteiger partial charge in [0.2, 0.25) is 0 Å². The molecule has 0 saturated carbocycles. The number of hydrogen-bond acceptors (Lipinski definition) is 3. The number of carboxylic acids is 1. The summed E-state index contributed by atoms with van der Waals surface area (Å²) in [5.41, 5.74) is 1.18. The molecule has 0 unspecified atom stereocenters. The van der Waals surface area contributed by atoms with E-state index in [1.165, 1.54) is 0 Å². The summed E-state index contributed by atoms with van der Waals surface area (Å²) in [6.07, 6.45) is 3.21. The maximum Gasteiger partial charge on any atom is 0.331 e. The monoisotopic (exact) mass is 184 g/mol. The van der Waals surface area contributed by atoms with Crippen LogP contribution in [0.25, 0.3) is 0 Å². The van der Waals surface area contributed by atoms with Gasteiger partial charge in [0.25, 0.3) is 6.47 Å². The largest absolute Gasteiger partial charge is 0.478 e. The summed E-state index contributed by atoms with van der Waals surface area (Å²) >= 11 is 0. The lowest BCUT2D eigenvalue weighted by molar-refractivity contribution is -0.133. The van der Waals surface area contributed by atoms with Crippen LogP contribution in [0.2, 0.25) is 0 Å². The molecule has 0 atom stereocenters. The fraction of sp³-hybridized carbons (Fsp3) is 0.556. The molecule has 4 heteroatoms. The smallest absolute Gasteiger partial charge is 0.331 e. The van der Waals surface area contributed by atoms with Crippen molar-refractivity contribution in [3.63, 3.8) is 0 Å². The Kier molecular flexibility index (Phi) is 3.49. The number of ether oxygens (including phenoxy) is 1. The van der Waals surface area contributed by atoms with Crippen molar-refractivity contribution >= 4 is 12.4 Å². The van der Waals surface area contributed by atoms with Gasteiger partial charge in [-0.2, -0.15) is 0 Å². The average molecular weight is 184 g/mol. The SMILES string of the molecule is O=COCC1=C(C(=O)O)CCCC1. The van der Waals surface area contributed by atoms with Crippen molar-refractivity contribution in [2.24, 2.45) is 0 Å². The van der Waals surface area contributed by atoms with Crippen molar-refractivity contribution in [1.29, 1.82) is 0 Å². The second-order valence-corrected chi connectivity index (χ2v) is 3.00. The third kappa shape index (κ3) is 2.57. The molecule has 0 aliphatic heterocycles. The maximum absolute atomic E-state index is 10.7. The Morgan fingerprint density at radius 1 is 1.46 bits per heavy atom. The zero-order chi connectivity index (χ0) is 9.68. The molecule has 0 radical (unpaired) electrons. The molecule has 72 valence electrons. The highest BCUT2D eigenvalue weighted by Gasteiger charge is 2.18. The molecular weight excluding hydrogens is 172 g/mol. The molecular formula is C9H12O4.